The molecule has 0 aliphatic rings. The quantitative estimate of drug-likeness (QED) is 0.673. The van der Waals surface area contributed by atoms with Gasteiger partial charge in [-0.2, -0.15) is 5.10 Å². The highest BCUT2D eigenvalue weighted by molar-refractivity contribution is 5.95. The lowest BCUT2D eigenvalue weighted by Gasteiger charge is -2.10. The van der Waals surface area contributed by atoms with Crippen LogP contribution in [0.4, 0.5) is 0 Å². The molecule has 140 valence electrons. The Kier molecular flexibility index (Phi) is 5.69. The molecule has 27 heavy (non-hydrogen) atoms. The molecular formula is C22H25N3O2. The van der Waals surface area contributed by atoms with Gasteiger partial charge in [0, 0.05) is 19.4 Å². The third-order valence-electron chi connectivity index (χ3n) is 4.43. The van der Waals surface area contributed by atoms with Crippen molar-refractivity contribution in [2.45, 2.75) is 40.2 Å². The predicted octanol–water partition coefficient (Wildman–Crippen LogP) is 4.45. The van der Waals surface area contributed by atoms with Gasteiger partial charge < -0.3 is 5.11 Å². The number of carbonyl (C=O) groups is 1. The van der Waals surface area contributed by atoms with Gasteiger partial charge >= 0.3 is 5.97 Å². The number of carboxylic acid groups (broad SMARTS) is 1. The zero-order valence-electron chi connectivity index (χ0n) is 16.0. The average Bonchev–Trinajstić information content (AvgIpc) is 3.03. The average molecular weight is 363 g/mol. The third kappa shape index (κ3) is 4.42. The maximum atomic E-state index is 11.4. The van der Waals surface area contributed by atoms with E-state index < -0.39 is 5.97 Å². The number of benzene rings is 2. The molecule has 0 fully saturated rings. The van der Waals surface area contributed by atoms with Crippen molar-refractivity contribution < 1.29 is 9.90 Å². The van der Waals surface area contributed by atoms with E-state index in [9.17, 15) is 9.90 Å². The van der Waals surface area contributed by atoms with E-state index in [2.05, 4.69) is 30.9 Å². The van der Waals surface area contributed by atoms with Crippen LogP contribution < -0.4 is 0 Å². The molecule has 0 aliphatic heterocycles. The Hall–Kier alpha value is -2.95. The fraction of sp³-hybridized carbons (Fsp3) is 0.318. The van der Waals surface area contributed by atoms with Crippen molar-refractivity contribution in [1.29, 1.82) is 0 Å². The van der Waals surface area contributed by atoms with Crippen molar-refractivity contribution >= 4 is 5.97 Å². The molecule has 0 bridgehead atoms. The van der Waals surface area contributed by atoms with Crippen LogP contribution >= 0.6 is 0 Å². The molecule has 1 heterocycles. The Morgan fingerprint density at radius 2 is 1.81 bits per heavy atom. The Bertz CT molecular complexity index is 927. The lowest BCUT2D eigenvalue weighted by Crippen LogP contribution is -2.10. The Labute approximate surface area is 159 Å². The molecular weight excluding hydrogens is 338 g/mol. The minimum Gasteiger partial charge on any atom is -0.478 e. The minimum atomic E-state index is -0.913. The lowest BCUT2D eigenvalue weighted by atomic mass is 9.98. The van der Waals surface area contributed by atoms with Crippen LogP contribution in [0.5, 0.6) is 0 Å². The number of nitrogens with zero attached hydrogens (tertiary/aromatic N) is 3. The lowest BCUT2D eigenvalue weighted by molar-refractivity contribution is 0.0697. The summed E-state index contributed by atoms with van der Waals surface area (Å²) in [6.07, 6.45) is 1.53. The molecule has 0 atom stereocenters. The number of hydrogen-bond acceptors (Lipinski definition) is 3. The first-order valence-corrected chi connectivity index (χ1v) is 9.32. The second kappa shape index (κ2) is 8.16. The zero-order valence-corrected chi connectivity index (χ0v) is 16.0. The van der Waals surface area contributed by atoms with E-state index in [1.807, 2.05) is 41.1 Å². The van der Waals surface area contributed by atoms with Gasteiger partial charge in [-0.15, -0.1) is 0 Å². The van der Waals surface area contributed by atoms with Gasteiger partial charge in [0.15, 0.2) is 5.82 Å². The summed E-state index contributed by atoms with van der Waals surface area (Å²) in [5, 5.41) is 14.0. The maximum Gasteiger partial charge on any atom is 0.336 e. The highest BCUT2D eigenvalue weighted by Gasteiger charge is 2.13. The van der Waals surface area contributed by atoms with E-state index >= 15 is 0 Å². The van der Waals surface area contributed by atoms with Gasteiger partial charge in [0.1, 0.15) is 5.82 Å². The summed E-state index contributed by atoms with van der Waals surface area (Å²) in [6, 6.07) is 15.1. The standard InChI is InChI=1S/C22H25N3O2/c1-4-20-23-21(25(24-20)14-15(2)3)13-16-9-11-17(12-10-16)18-7-5-6-8-19(18)22(26)27/h5-12,15H,4,13-14H2,1-3H3,(H,26,27). The second-order valence-corrected chi connectivity index (χ2v) is 7.10. The first kappa shape index (κ1) is 18.8. The molecule has 0 aliphatic carbocycles. The fourth-order valence-electron chi connectivity index (χ4n) is 3.10. The molecule has 3 aromatic rings. The number of hydrogen-bond donors (Lipinski definition) is 1. The van der Waals surface area contributed by atoms with Crippen molar-refractivity contribution in [1.82, 2.24) is 14.8 Å². The molecule has 5 nitrogen and oxygen atoms in total. The molecule has 5 heteroatoms. The van der Waals surface area contributed by atoms with Gasteiger partial charge in [0.25, 0.3) is 0 Å². The van der Waals surface area contributed by atoms with Crippen LogP contribution in [0.25, 0.3) is 11.1 Å². The largest absolute Gasteiger partial charge is 0.478 e. The van der Waals surface area contributed by atoms with E-state index in [0.29, 0.717) is 17.9 Å². The third-order valence-corrected chi connectivity index (χ3v) is 4.43. The van der Waals surface area contributed by atoms with Crippen LogP contribution in [0, 0.1) is 5.92 Å². The molecule has 2 aromatic carbocycles. The van der Waals surface area contributed by atoms with Gasteiger partial charge in [0.05, 0.1) is 5.56 Å². The van der Waals surface area contributed by atoms with Gasteiger partial charge in [-0.05, 0) is 28.7 Å². The summed E-state index contributed by atoms with van der Waals surface area (Å²) >= 11 is 0. The van der Waals surface area contributed by atoms with Crippen molar-refractivity contribution in [2.75, 3.05) is 0 Å². The molecule has 0 unspecified atom stereocenters. The Morgan fingerprint density at radius 1 is 1.11 bits per heavy atom. The van der Waals surface area contributed by atoms with Crippen molar-refractivity contribution in [2.24, 2.45) is 5.92 Å². The summed E-state index contributed by atoms with van der Waals surface area (Å²) in [7, 11) is 0. The van der Waals surface area contributed by atoms with Crippen molar-refractivity contribution in [3.05, 3.63) is 71.3 Å². The van der Waals surface area contributed by atoms with Crippen LogP contribution in [0.3, 0.4) is 0 Å². The molecule has 0 saturated carbocycles. The molecule has 0 amide bonds. The van der Waals surface area contributed by atoms with Gasteiger partial charge in [-0.3, -0.25) is 0 Å². The number of carboxylic acids is 1. The van der Waals surface area contributed by atoms with E-state index in [1.165, 1.54) is 0 Å². The van der Waals surface area contributed by atoms with Gasteiger partial charge in [0.2, 0.25) is 0 Å². The molecule has 1 aromatic heterocycles. The Balaban J connectivity index is 1.85. The first-order chi connectivity index (χ1) is 13.0. The summed E-state index contributed by atoms with van der Waals surface area (Å²) in [5.41, 5.74) is 3.07. The predicted molar refractivity (Wildman–Crippen MR) is 106 cm³/mol. The second-order valence-electron chi connectivity index (χ2n) is 7.10. The van der Waals surface area contributed by atoms with E-state index in [1.54, 1.807) is 12.1 Å². The summed E-state index contributed by atoms with van der Waals surface area (Å²) in [4.78, 5) is 16.1. The normalized spacial score (nSPS) is 11.1. The Morgan fingerprint density at radius 3 is 2.44 bits per heavy atom. The summed E-state index contributed by atoms with van der Waals surface area (Å²) in [5.74, 6) is 1.44. The topological polar surface area (TPSA) is 68.0 Å². The molecule has 3 rings (SSSR count). The molecule has 0 saturated heterocycles. The molecule has 1 N–H and O–H groups in total. The van der Waals surface area contributed by atoms with Crippen molar-refractivity contribution in [3.63, 3.8) is 0 Å². The minimum absolute atomic E-state index is 0.314. The van der Waals surface area contributed by atoms with Gasteiger partial charge in [-0.25, -0.2) is 14.5 Å². The number of rotatable bonds is 7. The zero-order chi connectivity index (χ0) is 19.4. The van der Waals surface area contributed by atoms with Gasteiger partial charge in [-0.1, -0.05) is 63.2 Å². The fourth-order valence-corrected chi connectivity index (χ4v) is 3.10. The highest BCUT2D eigenvalue weighted by atomic mass is 16.4. The number of aryl methyl sites for hydroxylation is 1. The summed E-state index contributed by atoms with van der Waals surface area (Å²) < 4.78 is 2.01. The van der Waals surface area contributed by atoms with Crippen LogP contribution in [0.15, 0.2) is 48.5 Å². The summed E-state index contributed by atoms with van der Waals surface area (Å²) in [6.45, 7) is 7.26. The SMILES string of the molecule is CCc1nc(Cc2ccc(-c3ccccc3C(=O)O)cc2)n(CC(C)C)n1. The van der Waals surface area contributed by atoms with Crippen LogP contribution in [0.2, 0.25) is 0 Å². The maximum absolute atomic E-state index is 11.4. The number of aromatic carboxylic acids is 1. The molecule has 0 spiro atoms. The number of aromatic nitrogens is 3. The van der Waals surface area contributed by atoms with E-state index in [4.69, 9.17) is 0 Å². The van der Waals surface area contributed by atoms with Crippen LogP contribution in [-0.2, 0) is 19.4 Å². The first-order valence-electron chi connectivity index (χ1n) is 9.32. The van der Waals surface area contributed by atoms with E-state index in [-0.39, 0.29) is 0 Å². The molecule has 0 radical (unpaired) electrons. The highest BCUT2D eigenvalue weighted by Crippen LogP contribution is 2.24. The van der Waals surface area contributed by atoms with E-state index in [0.717, 1.165) is 41.3 Å². The smallest absolute Gasteiger partial charge is 0.336 e. The monoisotopic (exact) mass is 363 g/mol. The van der Waals surface area contributed by atoms with Crippen LogP contribution in [-0.4, -0.2) is 25.8 Å². The van der Waals surface area contributed by atoms with Crippen molar-refractivity contribution in [3.8, 4) is 11.1 Å². The van der Waals surface area contributed by atoms with Crippen LogP contribution in [0.1, 0.15) is 48.3 Å².